The molecule has 1 aliphatic carbocycles. The van der Waals surface area contributed by atoms with Crippen molar-refractivity contribution in [2.45, 2.75) is 44.6 Å². The van der Waals surface area contributed by atoms with Gasteiger partial charge in [-0.25, -0.2) is 0 Å². The van der Waals surface area contributed by atoms with Crippen LogP contribution in [-0.4, -0.2) is 34.7 Å². The number of carboxylic acid groups (broad SMARTS) is 1. The van der Waals surface area contributed by atoms with Gasteiger partial charge in [0.1, 0.15) is 6.10 Å². The minimum absolute atomic E-state index is 0.0404. The van der Waals surface area contributed by atoms with E-state index in [4.69, 9.17) is 5.11 Å². The van der Waals surface area contributed by atoms with E-state index in [1.54, 1.807) is 0 Å². The molecular formula is C11H19NO4. The van der Waals surface area contributed by atoms with E-state index >= 15 is 0 Å². The van der Waals surface area contributed by atoms with Crippen LogP contribution in [-0.2, 0) is 9.59 Å². The van der Waals surface area contributed by atoms with Crippen LogP contribution >= 0.6 is 0 Å². The lowest BCUT2D eigenvalue weighted by Gasteiger charge is -2.25. The van der Waals surface area contributed by atoms with Gasteiger partial charge in [-0.15, -0.1) is 0 Å². The van der Waals surface area contributed by atoms with Crippen molar-refractivity contribution in [1.82, 2.24) is 5.32 Å². The van der Waals surface area contributed by atoms with Gasteiger partial charge in [0.15, 0.2) is 0 Å². The molecule has 0 radical (unpaired) electrons. The van der Waals surface area contributed by atoms with E-state index in [0.29, 0.717) is 0 Å². The molecular weight excluding hydrogens is 210 g/mol. The first-order valence-corrected chi connectivity index (χ1v) is 5.79. The van der Waals surface area contributed by atoms with Crippen LogP contribution in [0.3, 0.4) is 0 Å². The van der Waals surface area contributed by atoms with Crippen LogP contribution in [0.2, 0.25) is 0 Å². The number of aliphatic hydroxyl groups is 1. The van der Waals surface area contributed by atoms with Crippen molar-refractivity contribution in [1.29, 1.82) is 0 Å². The van der Waals surface area contributed by atoms with E-state index in [9.17, 15) is 14.7 Å². The monoisotopic (exact) mass is 229 g/mol. The van der Waals surface area contributed by atoms with Gasteiger partial charge < -0.3 is 15.5 Å². The van der Waals surface area contributed by atoms with E-state index in [-0.39, 0.29) is 18.9 Å². The van der Waals surface area contributed by atoms with Gasteiger partial charge in [0.25, 0.3) is 0 Å². The van der Waals surface area contributed by atoms with Gasteiger partial charge in [-0.1, -0.05) is 19.3 Å². The fourth-order valence-electron chi connectivity index (χ4n) is 2.06. The summed E-state index contributed by atoms with van der Waals surface area (Å²) in [6, 6.07) is 0. The van der Waals surface area contributed by atoms with Gasteiger partial charge in [0.2, 0.25) is 5.91 Å². The Balaban J connectivity index is 2.26. The summed E-state index contributed by atoms with van der Waals surface area (Å²) in [5.74, 6) is -1.35. The van der Waals surface area contributed by atoms with Crippen LogP contribution < -0.4 is 5.32 Å². The minimum Gasteiger partial charge on any atom is -0.481 e. The molecule has 1 rings (SSSR count). The van der Waals surface area contributed by atoms with Crippen LogP contribution in [0.5, 0.6) is 0 Å². The number of rotatable bonds is 5. The minimum atomic E-state index is -0.978. The second-order valence-electron chi connectivity index (χ2n) is 4.28. The van der Waals surface area contributed by atoms with Gasteiger partial charge in [-0.2, -0.15) is 0 Å². The number of nitrogens with one attached hydrogen (secondary N) is 1. The molecule has 16 heavy (non-hydrogen) atoms. The fourth-order valence-corrected chi connectivity index (χ4v) is 2.06. The van der Waals surface area contributed by atoms with Gasteiger partial charge in [-0.3, -0.25) is 9.59 Å². The third-order valence-electron chi connectivity index (χ3n) is 3.00. The summed E-state index contributed by atoms with van der Waals surface area (Å²) in [5.41, 5.74) is 0. The smallest absolute Gasteiger partial charge is 0.305 e. The lowest BCUT2D eigenvalue weighted by Crippen LogP contribution is -2.40. The molecule has 1 saturated carbocycles. The summed E-state index contributed by atoms with van der Waals surface area (Å²) in [6.45, 7) is 0.0813. The molecule has 0 saturated heterocycles. The third kappa shape index (κ3) is 4.18. The highest BCUT2D eigenvalue weighted by atomic mass is 16.4. The van der Waals surface area contributed by atoms with Crippen LogP contribution in [0, 0.1) is 5.92 Å². The normalized spacial score (nSPS) is 19.1. The molecule has 1 amide bonds. The molecule has 5 nitrogen and oxygen atoms in total. The highest BCUT2D eigenvalue weighted by Gasteiger charge is 2.27. The quantitative estimate of drug-likeness (QED) is 0.641. The predicted molar refractivity (Wildman–Crippen MR) is 57.8 cm³/mol. The summed E-state index contributed by atoms with van der Waals surface area (Å²) >= 11 is 0. The van der Waals surface area contributed by atoms with Crippen molar-refractivity contribution in [3.8, 4) is 0 Å². The van der Waals surface area contributed by atoms with Crippen molar-refractivity contribution in [3.05, 3.63) is 0 Å². The van der Waals surface area contributed by atoms with E-state index < -0.39 is 18.0 Å². The second-order valence-corrected chi connectivity index (χ2v) is 4.28. The molecule has 92 valence electrons. The second kappa shape index (κ2) is 6.48. The van der Waals surface area contributed by atoms with Crippen molar-refractivity contribution in [2.75, 3.05) is 6.54 Å². The maximum Gasteiger partial charge on any atom is 0.305 e. The standard InChI is InChI=1S/C11H19NO4/c13-9(14)6-7-12-11(16)10(15)8-4-2-1-3-5-8/h8,10,15H,1-7H2,(H,12,16)(H,13,14). The maximum atomic E-state index is 11.5. The van der Waals surface area contributed by atoms with Gasteiger partial charge >= 0.3 is 5.97 Å². The molecule has 0 spiro atoms. The van der Waals surface area contributed by atoms with E-state index in [2.05, 4.69) is 5.32 Å². The summed E-state index contributed by atoms with van der Waals surface area (Å²) in [6.07, 6.45) is 3.97. The zero-order valence-electron chi connectivity index (χ0n) is 9.32. The SMILES string of the molecule is O=C(O)CCNC(=O)C(O)C1CCCCC1. The highest BCUT2D eigenvalue weighted by molar-refractivity contribution is 5.81. The number of carbonyl (C=O) groups excluding carboxylic acids is 1. The van der Waals surface area contributed by atoms with Crippen molar-refractivity contribution in [2.24, 2.45) is 5.92 Å². The molecule has 1 unspecified atom stereocenters. The Bertz CT molecular complexity index is 248. The molecule has 1 fully saturated rings. The average Bonchev–Trinajstić information content (AvgIpc) is 2.28. The van der Waals surface area contributed by atoms with Gasteiger partial charge in [0, 0.05) is 6.54 Å². The predicted octanol–water partition coefficient (Wildman–Crippen LogP) is 0.518. The first-order valence-electron chi connectivity index (χ1n) is 5.79. The summed E-state index contributed by atoms with van der Waals surface area (Å²) in [4.78, 5) is 21.7. The Morgan fingerprint density at radius 1 is 1.25 bits per heavy atom. The van der Waals surface area contributed by atoms with E-state index in [0.717, 1.165) is 25.7 Å². The Hall–Kier alpha value is -1.10. The maximum absolute atomic E-state index is 11.5. The lowest BCUT2D eigenvalue weighted by atomic mass is 9.85. The summed E-state index contributed by atoms with van der Waals surface area (Å²) < 4.78 is 0. The molecule has 0 aromatic carbocycles. The zero-order chi connectivity index (χ0) is 12.0. The highest BCUT2D eigenvalue weighted by Crippen LogP contribution is 2.26. The lowest BCUT2D eigenvalue weighted by molar-refractivity contribution is -0.137. The largest absolute Gasteiger partial charge is 0.481 e. The Labute approximate surface area is 94.8 Å². The number of aliphatic carboxylic acids is 1. The molecule has 0 aliphatic heterocycles. The number of hydrogen-bond donors (Lipinski definition) is 3. The average molecular weight is 229 g/mol. The Kier molecular flexibility index (Phi) is 5.25. The molecule has 3 N–H and O–H groups in total. The molecule has 0 aromatic heterocycles. The number of aliphatic hydroxyl groups excluding tert-OH is 1. The molecule has 5 heteroatoms. The van der Waals surface area contributed by atoms with E-state index in [1.807, 2.05) is 0 Å². The zero-order valence-corrected chi connectivity index (χ0v) is 9.32. The third-order valence-corrected chi connectivity index (χ3v) is 3.00. The van der Waals surface area contributed by atoms with Crippen molar-refractivity contribution in [3.63, 3.8) is 0 Å². The van der Waals surface area contributed by atoms with Gasteiger partial charge in [-0.05, 0) is 18.8 Å². The first-order chi connectivity index (χ1) is 7.61. The Morgan fingerprint density at radius 2 is 1.88 bits per heavy atom. The number of hydrogen-bond acceptors (Lipinski definition) is 3. The van der Waals surface area contributed by atoms with Crippen LogP contribution in [0.4, 0.5) is 0 Å². The molecule has 0 heterocycles. The van der Waals surface area contributed by atoms with Crippen molar-refractivity contribution >= 4 is 11.9 Å². The van der Waals surface area contributed by atoms with Crippen LogP contribution in [0.1, 0.15) is 38.5 Å². The van der Waals surface area contributed by atoms with Gasteiger partial charge in [0.05, 0.1) is 6.42 Å². The van der Waals surface area contributed by atoms with E-state index in [1.165, 1.54) is 6.42 Å². The molecule has 0 bridgehead atoms. The number of carbonyl (C=O) groups is 2. The van der Waals surface area contributed by atoms with Crippen LogP contribution in [0.15, 0.2) is 0 Å². The first kappa shape index (κ1) is 13.0. The Morgan fingerprint density at radius 3 is 2.44 bits per heavy atom. The van der Waals surface area contributed by atoms with Crippen LogP contribution in [0.25, 0.3) is 0 Å². The summed E-state index contributed by atoms with van der Waals surface area (Å²) in [7, 11) is 0. The number of carboxylic acids is 1. The molecule has 1 aliphatic rings. The topological polar surface area (TPSA) is 86.6 Å². The molecule has 0 aromatic rings. The van der Waals surface area contributed by atoms with Crippen molar-refractivity contribution < 1.29 is 19.8 Å². The summed E-state index contributed by atoms with van der Waals surface area (Å²) in [5, 5.41) is 20.6. The fraction of sp³-hybridized carbons (Fsp3) is 0.818. The number of amides is 1. The molecule has 1 atom stereocenters.